The average Bonchev–Trinajstić information content (AvgIpc) is 3.19. The SMILES string of the molecule is CN=C(NCCN1CCCS1(=O)=O)N1CCC2(CCCC2)C1.I. The maximum atomic E-state index is 11.8. The van der Waals surface area contributed by atoms with Gasteiger partial charge in [-0.05, 0) is 31.1 Å². The minimum atomic E-state index is -2.99. The van der Waals surface area contributed by atoms with Crippen LogP contribution in [0.4, 0.5) is 0 Å². The molecular formula is C15H29IN4O2S. The summed E-state index contributed by atoms with van der Waals surface area (Å²) >= 11 is 0. The van der Waals surface area contributed by atoms with Crippen LogP contribution in [-0.2, 0) is 10.0 Å². The molecule has 8 heteroatoms. The van der Waals surface area contributed by atoms with Crippen LogP contribution in [0, 0.1) is 5.41 Å². The summed E-state index contributed by atoms with van der Waals surface area (Å²) < 4.78 is 25.2. The number of sulfonamides is 1. The minimum Gasteiger partial charge on any atom is -0.355 e. The van der Waals surface area contributed by atoms with Gasteiger partial charge in [-0.15, -0.1) is 24.0 Å². The van der Waals surface area contributed by atoms with Gasteiger partial charge in [-0.25, -0.2) is 12.7 Å². The van der Waals surface area contributed by atoms with Gasteiger partial charge in [-0.3, -0.25) is 4.99 Å². The van der Waals surface area contributed by atoms with Crippen molar-refractivity contribution in [2.24, 2.45) is 10.4 Å². The first-order valence-electron chi connectivity index (χ1n) is 8.48. The van der Waals surface area contributed by atoms with Gasteiger partial charge in [0.2, 0.25) is 10.0 Å². The monoisotopic (exact) mass is 456 g/mol. The lowest BCUT2D eigenvalue weighted by atomic mass is 9.86. The molecule has 0 aromatic rings. The topological polar surface area (TPSA) is 65.0 Å². The van der Waals surface area contributed by atoms with Crippen molar-refractivity contribution in [3.63, 3.8) is 0 Å². The van der Waals surface area contributed by atoms with E-state index in [1.165, 1.54) is 32.1 Å². The molecule has 0 unspecified atom stereocenters. The van der Waals surface area contributed by atoms with Crippen LogP contribution in [0.25, 0.3) is 0 Å². The summed E-state index contributed by atoms with van der Waals surface area (Å²) in [4.78, 5) is 6.74. The van der Waals surface area contributed by atoms with Gasteiger partial charge >= 0.3 is 0 Å². The van der Waals surface area contributed by atoms with E-state index in [0.717, 1.165) is 25.5 Å². The molecule has 1 aliphatic carbocycles. The van der Waals surface area contributed by atoms with Crippen LogP contribution in [0.15, 0.2) is 4.99 Å². The number of halogens is 1. The van der Waals surface area contributed by atoms with Crippen molar-refractivity contribution in [1.29, 1.82) is 0 Å². The number of rotatable bonds is 3. The molecule has 134 valence electrons. The lowest BCUT2D eigenvalue weighted by Gasteiger charge is -2.26. The molecule has 3 rings (SSSR count). The second kappa shape index (κ2) is 7.86. The van der Waals surface area contributed by atoms with E-state index in [4.69, 9.17) is 0 Å². The van der Waals surface area contributed by atoms with Gasteiger partial charge in [0.25, 0.3) is 0 Å². The Hall–Kier alpha value is -0.0900. The number of guanidine groups is 1. The van der Waals surface area contributed by atoms with E-state index in [2.05, 4.69) is 15.2 Å². The van der Waals surface area contributed by atoms with Crippen molar-refractivity contribution in [2.45, 2.75) is 38.5 Å². The maximum Gasteiger partial charge on any atom is 0.214 e. The molecule has 3 aliphatic rings. The van der Waals surface area contributed by atoms with Crippen LogP contribution < -0.4 is 5.32 Å². The molecule has 0 radical (unpaired) electrons. The van der Waals surface area contributed by atoms with E-state index in [-0.39, 0.29) is 24.0 Å². The molecule has 1 saturated carbocycles. The predicted molar refractivity (Wildman–Crippen MR) is 104 cm³/mol. The number of nitrogens with one attached hydrogen (secondary N) is 1. The standard InChI is InChI=1S/C15H28N4O2S.HI/c1-16-14(17-8-11-19-9-4-12-22(19,20)21)18-10-7-15(13-18)5-2-3-6-15;/h2-13H2,1H3,(H,16,17);1H. The Morgan fingerprint density at radius 1 is 1.17 bits per heavy atom. The van der Waals surface area contributed by atoms with Crippen LogP contribution in [0.2, 0.25) is 0 Å². The van der Waals surface area contributed by atoms with Crippen LogP contribution in [0.3, 0.4) is 0 Å². The largest absolute Gasteiger partial charge is 0.355 e. The second-order valence-corrected chi connectivity index (χ2v) is 9.01. The van der Waals surface area contributed by atoms with Crippen LogP contribution in [-0.4, -0.2) is 69.1 Å². The highest BCUT2D eigenvalue weighted by Gasteiger charge is 2.41. The van der Waals surface area contributed by atoms with Crippen molar-refractivity contribution in [3.05, 3.63) is 0 Å². The Bertz CT molecular complexity index is 532. The van der Waals surface area contributed by atoms with Gasteiger partial charge in [0.05, 0.1) is 5.75 Å². The zero-order valence-electron chi connectivity index (χ0n) is 14.0. The molecule has 0 aromatic carbocycles. The minimum absolute atomic E-state index is 0. The van der Waals surface area contributed by atoms with E-state index < -0.39 is 10.0 Å². The molecule has 6 nitrogen and oxygen atoms in total. The van der Waals surface area contributed by atoms with Gasteiger partial charge in [0.1, 0.15) is 0 Å². The first-order valence-corrected chi connectivity index (χ1v) is 10.1. The van der Waals surface area contributed by atoms with Crippen molar-refractivity contribution in [3.8, 4) is 0 Å². The van der Waals surface area contributed by atoms with E-state index in [1.807, 2.05) is 7.05 Å². The van der Waals surface area contributed by atoms with Gasteiger partial charge in [-0.2, -0.15) is 0 Å². The molecule has 0 bridgehead atoms. The number of hydrogen-bond acceptors (Lipinski definition) is 3. The van der Waals surface area contributed by atoms with Gasteiger partial charge in [0.15, 0.2) is 5.96 Å². The van der Waals surface area contributed by atoms with Crippen molar-refractivity contribution in [1.82, 2.24) is 14.5 Å². The zero-order valence-corrected chi connectivity index (χ0v) is 17.1. The third-order valence-electron chi connectivity index (χ3n) is 5.46. The summed E-state index contributed by atoms with van der Waals surface area (Å²) in [6.45, 7) is 4.02. The van der Waals surface area contributed by atoms with E-state index in [1.54, 1.807) is 4.31 Å². The summed E-state index contributed by atoms with van der Waals surface area (Å²) in [7, 11) is -1.18. The molecule has 2 aliphatic heterocycles. The second-order valence-electron chi connectivity index (χ2n) is 6.92. The highest BCUT2D eigenvalue weighted by Crippen LogP contribution is 2.45. The van der Waals surface area contributed by atoms with Gasteiger partial charge in [0, 0.05) is 39.8 Å². The average molecular weight is 456 g/mol. The van der Waals surface area contributed by atoms with Crippen molar-refractivity contribution < 1.29 is 8.42 Å². The van der Waals surface area contributed by atoms with Gasteiger partial charge < -0.3 is 10.2 Å². The van der Waals surface area contributed by atoms with E-state index >= 15 is 0 Å². The summed E-state index contributed by atoms with van der Waals surface area (Å²) in [5.41, 5.74) is 0.524. The fraction of sp³-hybridized carbons (Fsp3) is 0.933. The quantitative estimate of drug-likeness (QED) is 0.397. The van der Waals surface area contributed by atoms with E-state index in [9.17, 15) is 8.42 Å². The summed E-state index contributed by atoms with van der Waals surface area (Å²) in [6.07, 6.45) is 7.47. The fourth-order valence-corrected chi connectivity index (χ4v) is 5.74. The lowest BCUT2D eigenvalue weighted by molar-refractivity contribution is 0.309. The highest BCUT2D eigenvalue weighted by molar-refractivity contribution is 14.0. The molecular weight excluding hydrogens is 427 g/mol. The Labute approximate surface area is 157 Å². The third-order valence-corrected chi connectivity index (χ3v) is 7.42. The van der Waals surface area contributed by atoms with Crippen molar-refractivity contribution in [2.75, 3.05) is 45.5 Å². The maximum absolute atomic E-state index is 11.8. The van der Waals surface area contributed by atoms with Crippen LogP contribution >= 0.6 is 24.0 Å². The zero-order chi connectivity index (χ0) is 15.6. The summed E-state index contributed by atoms with van der Waals surface area (Å²) in [6, 6.07) is 0. The molecule has 2 heterocycles. The number of nitrogens with zero attached hydrogens (tertiary/aromatic N) is 3. The molecule has 1 N–H and O–H groups in total. The number of hydrogen-bond donors (Lipinski definition) is 1. The van der Waals surface area contributed by atoms with Crippen molar-refractivity contribution >= 4 is 40.0 Å². The lowest BCUT2D eigenvalue weighted by Crippen LogP contribution is -2.44. The Morgan fingerprint density at radius 3 is 2.52 bits per heavy atom. The fourth-order valence-electron chi connectivity index (χ4n) is 4.22. The predicted octanol–water partition coefficient (Wildman–Crippen LogP) is 1.48. The first-order chi connectivity index (χ1) is 10.5. The smallest absolute Gasteiger partial charge is 0.214 e. The summed E-state index contributed by atoms with van der Waals surface area (Å²) in [5.74, 6) is 1.23. The Balaban J connectivity index is 0.00000192. The van der Waals surface area contributed by atoms with Crippen LogP contribution in [0.5, 0.6) is 0 Å². The molecule has 1 spiro atoms. The first kappa shape index (κ1) is 19.2. The number of likely N-dealkylation sites (tertiary alicyclic amines) is 1. The third kappa shape index (κ3) is 4.31. The molecule has 3 fully saturated rings. The van der Waals surface area contributed by atoms with Gasteiger partial charge in [-0.1, -0.05) is 12.8 Å². The van der Waals surface area contributed by atoms with E-state index in [0.29, 0.717) is 30.8 Å². The summed E-state index contributed by atoms with van der Waals surface area (Å²) in [5, 5.41) is 3.35. The highest BCUT2D eigenvalue weighted by atomic mass is 127. The Morgan fingerprint density at radius 2 is 1.91 bits per heavy atom. The Kier molecular flexibility index (Phi) is 6.57. The molecule has 0 aromatic heterocycles. The van der Waals surface area contributed by atoms with Crippen LogP contribution in [0.1, 0.15) is 38.5 Å². The molecule has 23 heavy (non-hydrogen) atoms. The molecule has 0 amide bonds. The normalized spacial score (nSPS) is 26.7. The number of aliphatic imine (C=N–C) groups is 1. The molecule has 0 atom stereocenters. The molecule has 2 saturated heterocycles.